The molecule has 1 aliphatic heterocycles. The molecule has 0 spiro atoms. The zero-order valence-corrected chi connectivity index (χ0v) is 19.2. The number of amides is 1. The topological polar surface area (TPSA) is 81.5 Å². The van der Waals surface area contributed by atoms with Crippen molar-refractivity contribution < 1.29 is 14.3 Å². The molecule has 0 bridgehead atoms. The number of hydrogen-bond acceptors (Lipinski definition) is 6. The van der Waals surface area contributed by atoms with Crippen molar-refractivity contribution in [3.8, 4) is 0 Å². The van der Waals surface area contributed by atoms with Gasteiger partial charge < -0.3 is 9.64 Å². The van der Waals surface area contributed by atoms with Crippen LogP contribution in [0.2, 0.25) is 0 Å². The Morgan fingerprint density at radius 1 is 1.19 bits per heavy atom. The summed E-state index contributed by atoms with van der Waals surface area (Å²) >= 11 is 1.17. The summed E-state index contributed by atoms with van der Waals surface area (Å²) in [5, 5.41) is 0.484. The maximum Gasteiger partial charge on any atom is 0.349 e. The van der Waals surface area contributed by atoms with Crippen LogP contribution < -0.4 is 5.56 Å². The Bertz CT molecular complexity index is 1200. The first kappa shape index (κ1) is 22.2. The van der Waals surface area contributed by atoms with E-state index in [1.807, 2.05) is 37.3 Å². The molecule has 0 saturated carbocycles. The highest BCUT2D eigenvalue weighted by Crippen LogP contribution is 2.29. The molecule has 4 rings (SSSR count). The van der Waals surface area contributed by atoms with Crippen LogP contribution in [0.5, 0.6) is 0 Å². The average Bonchev–Trinajstić information content (AvgIpc) is 2.97. The highest BCUT2D eigenvalue weighted by atomic mass is 32.1. The van der Waals surface area contributed by atoms with E-state index in [1.165, 1.54) is 11.3 Å². The molecule has 0 N–H and O–H groups in total. The number of thiophene rings is 1. The van der Waals surface area contributed by atoms with Gasteiger partial charge in [-0.25, -0.2) is 9.78 Å². The quantitative estimate of drug-likeness (QED) is 0.532. The number of ether oxygens (including phenoxy) is 1. The van der Waals surface area contributed by atoms with Crippen molar-refractivity contribution in [3.05, 3.63) is 62.5 Å². The van der Waals surface area contributed by atoms with E-state index in [1.54, 1.807) is 16.4 Å². The van der Waals surface area contributed by atoms with Gasteiger partial charge in [-0.05, 0) is 37.8 Å². The van der Waals surface area contributed by atoms with Gasteiger partial charge >= 0.3 is 5.97 Å². The Hall–Kier alpha value is -3.00. The lowest BCUT2D eigenvalue weighted by Crippen LogP contribution is -2.34. The fraction of sp³-hybridized carbons (Fsp3) is 0.417. The summed E-state index contributed by atoms with van der Waals surface area (Å²) in [6, 6.07) is 9.68. The number of aromatic nitrogens is 2. The normalized spacial score (nSPS) is 13.4. The minimum atomic E-state index is -0.589. The first-order chi connectivity index (χ1) is 15.5. The molecule has 32 heavy (non-hydrogen) atoms. The molecule has 8 heteroatoms. The Kier molecular flexibility index (Phi) is 6.69. The van der Waals surface area contributed by atoms with Gasteiger partial charge in [-0.3, -0.25) is 14.2 Å². The third kappa shape index (κ3) is 4.46. The van der Waals surface area contributed by atoms with Crippen LogP contribution in [0, 0.1) is 6.92 Å². The Morgan fingerprint density at radius 2 is 1.97 bits per heavy atom. The maximum atomic E-state index is 13.1. The number of benzene rings is 1. The number of esters is 1. The van der Waals surface area contributed by atoms with Gasteiger partial charge in [0.15, 0.2) is 6.61 Å². The molecule has 3 heterocycles. The number of carbonyl (C=O) groups is 2. The Labute approximate surface area is 190 Å². The highest BCUT2D eigenvalue weighted by Gasteiger charge is 2.24. The predicted molar refractivity (Wildman–Crippen MR) is 124 cm³/mol. The number of nitrogens with zero attached hydrogens (tertiary/aromatic N) is 3. The minimum Gasteiger partial charge on any atom is -0.451 e. The number of aryl methyl sites for hydroxylation is 2. The van der Waals surface area contributed by atoms with E-state index in [0.717, 1.165) is 37.1 Å². The molecule has 168 valence electrons. The standard InChI is InChI=1S/C24H27N3O4S/c1-3-26(14-17-10-6-4-7-11-17)19(28)15-31-24(30)21-16(2)20-22(32-21)25-18-12-8-5-9-13-27(18)23(20)29/h4,6-7,10-11H,3,5,8-9,12-15H2,1-2H3. The molecule has 3 aromatic rings. The monoisotopic (exact) mass is 453 g/mol. The molecule has 0 fully saturated rings. The van der Waals surface area contributed by atoms with Crippen molar-refractivity contribution in [2.45, 2.75) is 52.6 Å². The second kappa shape index (κ2) is 9.65. The lowest BCUT2D eigenvalue weighted by Gasteiger charge is -2.20. The molecular weight excluding hydrogens is 426 g/mol. The molecule has 0 saturated heterocycles. The fourth-order valence-electron chi connectivity index (χ4n) is 4.07. The molecule has 1 aromatic carbocycles. The molecule has 7 nitrogen and oxygen atoms in total. The molecule has 1 aliphatic rings. The van der Waals surface area contributed by atoms with E-state index in [4.69, 9.17) is 4.74 Å². The Morgan fingerprint density at radius 3 is 2.72 bits per heavy atom. The summed E-state index contributed by atoms with van der Waals surface area (Å²) in [5.41, 5.74) is 1.51. The summed E-state index contributed by atoms with van der Waals surface area (Å²) in [6.45, 7) is 4.94. The van der Waals surface area contributed by atoms with E-state index in [0.29, 0.717) is 40.3 Å². The van der Waals surface area contributed by atoms with Crippen LogP contribution in [0.25, 0.3) is 10.2 Å². The molecule has 1 amide bonds. The van der Waals surface area contributed by atoms with Crippen LogP contribution in [-0.2, 0) is 29.0 Å². The van der Waals surface area contributed by atoms with Crippen molar-refractivity contribution in [3.63, 3.8) is 0 Å². The van der Waals surface area contributed by atoms with Crippen LogP contribution >= 0.6 is 11.3 Å². The average molecular weight is 454 g/mol. The SMILES string of the molecule is CCN(Cc1ccccc1)C(=O)COC(=O)c1sc2nc3n(c(=O)c2c1C)CCCCC3. The van der Waals surface area contributed by atoms with Gasteiger partial charge in [0.05, 0.1) is 5.39 Å². The van der Waals surface area contributed by atoms with Crippen molar-refractivity contribution in [2.75, 3.05) is 13.2 Å². The zero-order chi connectivity index (χ0) is 22.7. The lowest BCUT2D eigenvalue weighted by molar-refractivity contribution is -0.134. The summed E-state index contributed by atoms with van der Waals surface area (Å²) in [7, 11) is 0. The molecule has 0 atom stereocenters. The molecule has 0 radical (unpaired) electrons. The lowest BCUT2D eigenvalue weighted by atomic mass is 10.2. The number of carbonyl (C=O) groups excluding carboxylic acids is 2. The predicted octanol–water partition coefficient (Wildman–Crippen LogP) is 3.70. The minimum absolute atomic E-state index is 0.0872. The van der Waals surface area contributed by atoms with Gasteiger partial charge in [-0.15, -0.1) is 11.3 Å². The summed E-state index contributed by atoms with van der Waals surface area (Å²) in [4.78, 5) is 45.7. The second-order valence-electron chi connectivity index (χ2n) is 8.00. The van der Waals surface area contributed by atoms with Crippen LogP contribution in [0.1, 0.15) is 52.8 Å². The number of rotatable bonds is 6. The highest BCUT2D eigenvalue weighted by molar-refractivity contribution is 7.20. The van der Waals surface area contributed by atoms with Crippen LogP contribution in [-0.4, -0.2) is 39.5 Å². The first-order valence-corrected chi connectivity index (χ1v) is 11.8. The summed E-state index contributed by atoms with van der Waals surface area (Å²) in [6.07, 6.45) is 3.82. The van der Waals surface area contributed by atoms with Crippen molar-refractivity contribution in [1.82, 2.24) is 14.5 Å². The van der Waals surface area contributed by atoms with E-state index >= 15 is 0 Å². The van der Waals surface area contributed by atoms with E-state index in [2.05, 4.69) is 4.98 Å². The maximum absolute atomic E-state index is 13.1. The fourth-order valence-corrected chi connectivity index (χ4v) is 5.15. The van der Waals surface area contributed by atoms with Gasteiger partial charge in [0.2, 0.25) is 0 Å². The number of hydrogen-bond donors (Lipinski definition) is 0. The molecule has 0 aliphatic carbocycles. The largest absolute Gasteiger partial charge is 0.451 e. The van der Waals surface area contributed by atoms with Crippen molar-refractivity contribution in [1.29, 1.82) is 0 Å². The van der Waals surface area contributed by atoms with Gasteiger partial charge in [0.1, 0.15) is 15.5 Å². The van der Waals surface area contributed by atoms with Gasteiger partial charge in [0, 0.05) is 26.1 Å². The molecule has 2 aromatic heterocycles. The van der Waals surface area contributed by atoms with Gasteiger partial charge in [-0.1, -0.05) is 36.8 Å². The molecular formula is C24H27N3O4S. The first-order valence-electron chi connectivity index (χ1n) is 11.0. The second-order valence-corrected chi connectivity index (χ2v) is 9.00. The third-order valence-electron chi connectivity index (χ3n) is 5.87. The van der Waals surface area contributed by atoms with Gasteiger partial charge in [-0.2, -0.15) is 0 Å². The van der Waals surface area contributed by atoms with Crippen LogP contribution in [0.4, 0.5) is 0 Å². The summed E-state index contributed by atoms with van der Waals surface area (Å²) < 4.78 is 7.10. The van der Waals surface area contributed by atoms with Crippen molar-refractivity contribution >= 4 is 33.4 Å². The van der Waals surface area contributed by atoms with E-state index < -0.39 is 5.97 Å². The smallest absolute Gasteiger partial charge is 0.349 e. The van der Waals surface area contributed by atoms with Crippen LogP contribution in [0.15, 0.2) is 35.1 Å². The number of likely N-dealkylation sites (N-methyl/N-ethyl adjacent to an activating group) is 1. The van der Waals surface area contributed by atoms with E-state index in [-0.39, 0.29) is 18.1 Å². The Balaban J connectivity index is 1.50. The van der Waals surface area contributed by atoms with Crippen molar-refractivity contribution in [2.24, 2.45) is 0 Å². The number of fused-ring (bicyclic) bond motifs is 2. The van der Waals surface area contributed by atoms with E-state index in [9.17, 15) is 14.4 Å². The molecule has 0 unspecified atom stereocenters. The van der Waals surface area contributed by atoms with Crippen LogP contribution in [0.3, 0.4) is 0 Å². The third-order valence-corrected chi connectivity index (χ3v) is 7.04. The van der Waals surface area contributed by atoms with Gasteiger partial charge in [0.25, 0.3) is 11.5 Å². The zero-order valence-electron chi connectivity index (χ0n) is 18.4. The summed E-state index contributed by atoms with van der Waals surface area (Å²) in [5.74, 6) is -0.0570.